The van der Waals surface area contributed by atoms with Gasteiger partial charge in [0.2, 0.25) is 5.91 Å². The van der Waals surface area contributed by atoms with E-state index in [2.05, 4.69) is 27.1 Å². The molecule has 0 saturated heterocycles. The zero-order valence-corrected chi connectivity index (χ0v) is 10.7. The molecule has 1 aromatic rings. The summed E-state index contributed by atoms with van der Waals surface area (Å²) in [4.78, 5) is 16.0. The maximum absolute atomic E-state index is 11.7. The third-order valence-electron chi connectivity index (χ3n) is 3.06. The normalized spacial score (nSPS) is 18.2. The summed E-state index contributed by atoms with van der Waals surface area (Å²) in [5.41, 5.74) is 0. The molecule has 2 heterocycles. The molecular formula is C13H20N4O. The standard InChI is InChI=1S/C13H20N4O/c1-2-12-15-8-10-17(12)9-4-7-16-13(18)11-5-3-6-14-11/h3,5,8,10-11,14H,2,4,6-7,9H2,1H3,(H,16,18)/t11-/m0/s1. The molecule has 0 fully saturated rings. The minimum absolute atomic E-state index is 0.0603. The number of carbonyl (C=O) groups excluding carboxylic acids is 1. The number of imidazole rings is 1. The monoisotopic (exact) mass is 248 g/mol. The van der Waals surface area contributed by atoms with Gasteiger partial charge in [0.1, 0.15) is 11.9 Å². The molecule has 1 aliphatic rings. The van der Waals surface area contributed by atoms with Crippen molar-refractivity contribution in [2.45, 2.75) is 32.4 Å². The highest BCUT2D eigenvalue weighted by Crippen LogP contribution is 2.00. The number of rotatable bonds is 6. The summed E-state index contributed by atoms with van der Waals surface area (Å²) < 4.78 is 2.14. The Morgan fingerprint density at radius 2 is 2.56 bits per heavy atom. The van der Waals surface area contributed by atoms with Crippen LogP contribution in [0, 0.1) is 0 Å². The van der Waals surface area contributed by atoms with Gasteiger partial charge in [0.15, 0.2) is 0 Å². The molecule has 98 valence electrons. The highest BCUT2D eigenvalue weighted by atomic mass is 16.2. The van der Waals surface area contributed by atoms with Crippen LogP contribution >= 0.6 is 0 Å². The van der Waals surface area contributed by atoms with Crippen LogP contribution in [-0.4, -0.2) is 34.6 Å². The average Bonchev–Trinajstić information content (AvgIpc) is 3.04. The van der Waals surface area contributed by atoms with Gasteiger partial charge in [0, 0.05) is 38.4 Å². The number of carbonyl (C=O) groups is 1. The number of aryl methyl sites for hydroxylation is 2. The first kappa shape index (κ1) is 12.8. The molecule has 2 rings (SSSR count). The molecule has 0 spiro atoms. The molecule has 18 heavy (non-hydrogen) atoms. The number of amides is 1. The lowest BCUT2D eigenvalue weighted by Crippen LogP contribution is -2.40. The van der Waals surface area contributed by atoms with Crippen LogP contribution in [0.15, 0.2) is 24.5 Å². The van der Waals surface area contributed by atoms with E-state index >= 15 is 0 Å². The number of hydrogen-bond acceptors (Lipinski definition) is 3. The molecular weight excluding hydrogens is 228 g/mol. The van der Waals surface area contributed by atoms with Gasteiger partial charge < -0.3 is 9.88 Å². The van der Waals surface area contributed by atoms with Crippen LogP contribution in [0.4, 0.5) is 0 Å². The Hall–Kier alpha value is -1.62. The second kappa shape index (κ2) is 6.35. The van der Waals surface area contributed by atoms with E-state index in [-0.39, 0.29) is 11.9 Å². The Kier molecular flexibility index (Phi) is 4.52. The van der Waals surface area contributed by atoms with Gasteiger partial charge in [-0.05, 0) is 6.42 Å². The smallest absolute Gasteiger partial charge is 0.241 e. The zero-order chi connectivity index (χ0) is 12.8. The molecule has 1 aromatic heterocycles. The summed E-state index contributed by atoms with van der Waals surface area (Å²) >= 11 is 0. The SMILES string of the molecule is CCc1nccn1CCCNC(=O)[C@@H]1C=CCN1. The van der Waals surface area contributed by atoms with Crippen molar-refractivity contribution < 1.29 is 4.79 Å². The van der Waals surface area contributed by atoms with Gasteiger partial charge in [-0.3, -0.25) is 10.1 Å². The van der Waals surface area contributed by atoms with Crippen LogP contribution in [0.3, 0.4) is 0 Å². The molecule has 1 aliphatic heterocycles. The van der Waals surface area contributed by atoms with Gasteiger partial charge in [0.25, 0.3) is 0 Å². The molecule has 5 nitrogen and oxygen atoms in total. The molecule has 0 aliphatic carbocycles. The fraction of sp³-hybridized carbons (Fsp3) is 0.538. The third-order valence-corrected chi connectivity index (χ3v) is 3.06. The van der Waals surface area contributed by atoms with Gasteiger partial charge in [-0.15, -0.1) is 0 Å². The number of nitrogens with zero attached hydrogens (tertiary/aromatic N) is 2. The van der Waals surface area contributed by atoms with E-state index < -0.39 is 0 Å². The van der Waals surface area contributed by atoms with Gasteiger partial charge in [0.05, 0.1) is 0 Å². The van der Waals surface area contributed by atoms with Crippen molar-refractivity contribution in [3.8, 4) is 0 Å². The van der Waals surface area contributed by atoms with E-state index in [1.54, 1.807) is 0 Å². The quantitative estimate of drug-likeness (QED) is 0.568. The fourth-order valence-corrected chi connectivity index (χ4v) is 2.08. The molecule has 1 amide bonds. The van der Waals surface area contributed by atoms with E-state index in [9.17, 15) is 4.79 Å². The maximum atomic E-state index is 11.7. The Labute approximate surface area is 107 Å². The van der Waals surface area contributed by atoms with Gasteiger partial charge >= 0.3 is 0 Å². The molecule has 0 radical (unpaired) electrons. The van der Waals surface area contributed by atoms with Crippen molar-refractivity contribution in [1.29, 1.82) is 0 Å². The summed E-state index contributed by atoms with van der Waals surface area (Å²) in [7, 11) is 0. The molecule has 2 N–H and O–H groups in total. The van der Waals surface area contributed by atoms with Crippen molar-refractivity contribution in [3.63, 3.8) is 0 Å². The van der Waals surface area contributed by atoms with Gasteiger partial charge in [-0.25, -0.2) is 4.98 Å². The molecule has 0 bridgehead atoms. The fourth-order valence-electron chi connectivity index (χ4n) is 2.08. The van der Waals surface area contributed by atoms with Crippen LogP contribution in [0.1, 0.15) is 19.2 Å². The first-order valence-electron chi connectivity index (χ1n) is 6.49. The van der Waals surface area contributed by atoms with Crippen LogP contribution in [0.5, 0.6) is 0 Å². The van der Waals surface area contributed by atoms with E-state index in [1.165, 1.54) is 0 Å². The lowest BCUT2D eigenvalue weighted by atomic mass is 10.3. The second-order valence-corrected chi connectivity index (χ2v) is 4.35. The Bertz CT molecular complexity index is 424. The van der Waals surface area contributed by atoms with Crippen molar-refractivity contribution in [2.24, 2.45) is 0 Å². The van der Waals surface area contributed by atoms with Crippen LogP contribution in [0.2, 0.25) is 0 Å². The van der Waals surface area contributed by atoms with Gasteiger partial charge in [-0.2, -0.15) is 0 Å². The second-order valence-electron chi connectivity index (χ2n) is 4.35. The predicted molar refractivity (Wildman–Crippen MR) is 70.2 cm³/mol. The minimum Gasteiger partial charge on any atom is -0.354 e. The Morgan fingerprint density at radius 3 is 3.28 bits per heavy atom. The molecule has 0 aromatic carbocycles. The third kappa shape index (κ3) is 3.20. The van der Waals surface area contributed by atoms with Crippen LogP contribution < -0.4 is 10.6 Å². The summed E-state index contributed by atoms with van der Waals surface area (Å²) in [6, 6.07) is -0.149. The molecule has 1 atom stereocenters. The zero-order valence-electron chi connectivity index (χ0n) is 10.7. The van der Waals surface area contributed by atoms with Crippen molar-refractivity contribution >= 4 is 5.91 Å². The summed E-state index contributed by atoms with van der Waals surface area (Å²) in [6.07, 6.45) is 9.55. The summed E-state index contributed by atoms with van der Waals surface area (Å²) in [6.45, 7) is 4.48. The van der Waals surface area contributed by atoms with E-state index in [0.717, 1.165) is 31.8 Å². The van der Waals surface area contributed by atoms with E-state index in [1.807, 2.05) is 24.5 Å². The first-order chi connectivity index (χ1) is 8.81. The highest BCUT2D eigenvalue weighted by molar-refractivity contribution is 5.84. The van der Waals surface area contributed by atoms with E-state index in [0.29, 0.717) is 6.54 Å². The Balaban J connectivity index is 1.66. The van der Waals surface area contributed by atoms with Crippen LogP contribution in [-0.2, 0) is 17.8 Å². The largest absolute Gasteiger partial charge is 0.354 e. The molecule has 5 heteroatoms. The number of aromatic nitrogens is 2. The van der Waals surface area contributed by atoms with Crippen molar-refractivity contribution in [1.82, 2.24) is 20.2 Å². The Morgan fingerprint density at radius 1 is 1.67 bits per heavy atom. The molecule has 0 saturated carbocycles. The maximum Gasteiger partial charge on any atom is 0.241 e. The summed E-state index contributed by atoms with van der Waals surface area (Å²) in [5, 5.41) is 6.03. The lowest BCUT2D eigenvalue weighted by Gasteiger charge is -2.11. The van der Waals surface area contributed by atoms with Crippen molar-refractivity contribution in [2.75, 3.05) is 13.1 Å². The number of hydrogen-bond donors (Lipinski definition) is 2. The van der Waals surface area contributed by atoms with Crippen molar-refractivity contribution in [3.05, 3.63) is 30.4 Å². The van der Waals surface area contributed by atoms with Gasteiger partial charge in [-0.1, -0.05) is 19.1 Å². The first-order valence-corrected chi connectivity index (χ1v) is 6.49. The summed E-state index contributed by atoms with van der Waals surface area (Å²) in [5.74, 6) is 1.16. The molecule has 0 unspecified atom stereocenters. The average molecular weight is 248 g/mol. The lowest BCUT2D eigenvalue weighted by molar-refractivity contribution is -0.121. The van der Waals surface area contributed by atoms with E-state index in [4.69, 9.17) is 0 Å². The predicted octanol–water partition coefficient (Wildman–Crippen LogP) is 0.480. The van der Waals surface area contributed by atoms with Crippen LogP contribution in [0.25, 0.3) is 0 Å². The minimum atomic E-state index is -0.149. The number of nitrogens with one attached hydrogen (secondary N) is 2. The highest BCUT2D eigenvalue weighted by Gasteiger charge is 2.16. The topological polar surface area (TPSA) is 59.0 Å².